The lowest BCUT2D eigenvalue weighted by atomic mass is 9.90. The first-order valence-corrected chi connectivity index (χ1v) is 9.88. The number of nitrogens with zero attached hydrogens (tertiary/aromatic N) is 2. The molecular formula is C23H30N2O2. The maximum atomic E-state index is 13.4. The van der Waals surface area contributed by atoms with Crippen molar-refractivity contribution in [1.82, 2.24) is 9.80 Å². The first-order valence-electron chi connectivity index (χ1n) is 9.88. The molecule has 144 valence electrons. The van der Waals surface area contributed by atoms with E-state index in [4.69, 9.17) is 4.74 Å². The van der Waals surface area contributed by atoms with Crippen LogP contribution in [0.2, 0.25) is 0 Å². The van der Waals surface area contributed by atoms with Crippen LogP contribution in [0.15, 0.2) is 60.7 Å². The minimum atomic E-state index is -0.233. The van der Waals surface area contributed by atoms with E-state index in [0.717, 1.165) is 50.5 Å². The molecule has 1 aliphatic rings. The van der Waals surface area contributed by atoms with Gasteiger partial charge in [-0.3, -0.25) is 9.69 Å². The SMILES string of the molecule is CC(C)OCCN1CCN(C(=O)C(c2ccccc2)c2ccccc2)CC1. The largest absolute Gasteiger partial charge is 0.377 e. The molecule has 3 rings (SSSR count). The summed E-state index contributed by atoms with van der Waals surface area (Å²) in [6.45, 7) is 9.16. The number of carbonyl (C=O) groups excluding carboxylic acids is 1. The van der Waals surface area contributed by atoms with Crippen molar-refractivity contribution in [2.24, 2.45) is 0 Å². The zero-order valence-corrected chi connectivity index (χ0v) is 16.4. The zero-order valence-electron chi connectivity index (χ0n) is 16.4. The Labute approximate surface area is 162 Å². The number of hydrogen-bond acceptors (Lipinski definition) is 3. The van der Waals surface area contributed by atoms with Gasteiger partial charge in [-0.1, -0.05) is 60.7 Å². The first kappa shape index (κ1) is 19.6. The van der Waals surface area contributed by atoms with Crippen molar-refractivity contribution in [3.05, 3.63) is 71.8 Å². The van der Waals surface area contributed by atoms with E-state index in [0.29, 0.717) is 0 Å². The van der Waals surface area contributed by atoms with Gasteiger partial charge in [0.25, 0.3) is 0 Å². The molecule has 2 aromatic carbocycles. The number of carbonyl (C=O) groups is 1. The Hall–Kier alpha value is -2.17. The van der Waals surface area contributed by atoms with Gasteiger partial charge in [-0.15, -0.1) is 0 Å². The van der Waals surface area contributed by atoms with Crippen LogP contribution in [0.4, 0.5) is 0 Å². The molecule has 1 heterocycles. The topological polar surface area (TPSA) is 32.8 Å². The van der Waals surface area contributed by atoms with Gasteiger partial charge >= 0.3 is 0 Å². The van der Waals surface area contributed by atoms with E-state index in [-0.39, 0.29) is 17.9 Å². The van der Waals surface area contributed by atoms with Crippen molar-refractivity contribution < 1.29 is 9.53 Å². The number of hydrogen-bond donors (Lipinski definition) is 0. The van der Waals surface area contributed by atoms with Gasteiger partial charge in [-0.05, 0) is 25.0 Å². The highest BCUT2D eigenvalue weighted by Gasteiger charge is 2.29. The maximum absolute atomic E-state index is 13.4. The summed E-state index contributed by atoms with van der Waals surface area (Å²) in [6.07, 6.45) is 0.269. The lowest BCUT2D eigenvalue weighted by Gasteiger charge is -2.36. The van der Waals surface area contributed by atoms with Gasteiger partial charge < -0.3 is 9.64 Å². The zero-order chi connectivity index (χ0) is 19.1. The summed E-state index contributed by atoms with van der Waals surface area (Å²) in [7, 11) is 0. The fourth-order valence-corrected chi connectivity index (χ4v) is 3.56. The van der Waals surface area contributed by atoms with E-state index >= 15 is 0 Å². The molecule has 0 N–H and O–H groups in total. The number of benzene rings is 2. The molecule has 0 aliphatic carbocycles. The van der Waals surface area contributed by atoms with E-state index in [1.807, 2.05) is 41.3 Å². The maximum Gasteiger partial charge on any atom is 0.234 e. The molecule has 2 aromatic rings. The molecule has 4 heteroatoms. The number of ether oxygens (including phenoxy) is 1. The minimum absolute atomic E-state index is 0.200. The molecule has 0 bridgehead atoms. The summed E-state index contributed by atoms with van der Waals surface area (Å²) in [5, 5.41) is 0. The van der Waals surface area contributed by atoms with E-state index in [9.17, 15) is 4.79 Å². The molecule has 1 fully saturated rings. The van der Waals surface area contributed by atoms with E-state index in [1.54, 1.807) is 0 Å². The van der Waals surface area contributed by atoms with Crippen LogP contribution < -0.4 is 0 Å². The molecule has 4 nitrogen and oxygen atoms in total. The highest BCUT2D eigenvalue weighted by atomic mass is 16.5. The fraction of sp³-hybridized carbons (Fsp3) is 0.435. The van der Waals surface area contributed by atoms with Crippen molar-refractivity contribution in [1.29, 1.82) is 0 Å². The van der Waals surface area contributed by atoms with Gasteiger partial charge in [0.1, 0.15) is 0 Å². The molecule has 0 spiro atoms. The van der Waals surface area contributed by atoms with Gasteiger partial charge in [0.2, 0.25) is 5.91 Å². The second-order valence-corrected chi connectivity index (χ2v) is 7.34. The molecule has 0 saturated carbocycles. The van der Waals surface area contributed by atoms with Gasteiger partial charge in [-0.2, -0.15) is 0 Å². The second-order valence-electron chi connectivity index (χ2n) is 7.34. The van der Waals surface area contributed by atoms with Crippen molar-refractivity contribution in [3.8, 4) is 0 Å². The molecule has 0 atom stereocenters. The van der Waals surface area contributed by atoms with Crippen LogP contribution in [0, 0.1) is 0 Å². The Balaban J connectivity index is 1.66. The Bertz CT molecular complexity index is 655. The first-order chi connectivity index (χ1) is 13.1. The molecule has 0 radical (unpaired) electrons. The van der Waals surface area contributed by atoms with Crippen LogP contribution in [-0.4, -0.2) is 61.1 Å². The lowest BCUT2D eigenvalue weighted by molar-refractivity contribution is -0.133. The van der Waals surface area contributed by atoms with E-state index < -0.39 is 0 Å². The third-order valence-corrected chi connectivity index (χ3v) is 5.06. The molecule has 1 amide bonds. The smallest absolute Gasteiger partial charge is 0.234 e. The van der Waals surface area contributed by atoms with Crippen molar-refractivity contribution in [3.63, 3.8) is 0 Å². The van der Waals surface area contributed by atoms with Crippen molar-refractivity contribution in [2.45, 2.75) is 25.9 Å². The second kappa shape index (κ2) is 9.67. The van der Waals surface area contributed by atoms with Crippen molar-refractivity contribution in [2.75, 3.05) is 39.3 Å². The molecule has 1 saturated heterocycles. The van der Waals surface area contributed by atoms with Crippen LogP contribution in [0.5, 0.6) is 0 Å². The minimum Gasteiger partial charge on any atom is -0.377 e. The van der Waals surface area contributed by atoms with Crippen LogP contribution in [0.3, 0.4) is 0 Å². The Kier molecular flexibility index (Phi) is 7.02. The van der Waals surface area contributed by atoms with Crippen LogP contribution in [-0.2, 0) is 9.53 Å². The van der Waals surface area contributed by atoms with Gasteiger partial charge in [0.05, 0.1) is 18.6 Å². The summed E-state index contributed by atoms with van der Waals surface area (Å²) in [4.78, 5) is 17.8. The number of piperazine rings is 1. The number of amides is 1. The standard InChI is InChI=1S/C23H30N2O2/c1-19(2)27-18-17-24-13-15-25(16-14-24)23(26)22(20-9-5-3-6-10-20)21-11-7-4-8-12-21/h3-12,19,22H,13-18H2,1-2H3. The van der Waals surface area contributed by atoms with Crippen LogP contribution >= 0.6 is 0 Å². The van der Waals surface area contributed by atoms with Crippen molar-refractivity contribution >= 4 is 5.91 Å². The summed E-state index contributed by atoms with van der Waals surface area (Å²) < 4.78 is 5.65. The van der Waals surface area contributed by atoms with Gasteiger partial charge in [0.15, 0.2) is 0 Å². The normalized spacial score (nSPS) is 15.5. The third-order valence-electron chi connectivity index (χ3n) is 5.06. The predicted octanol–water partition coefficient (Wildman–Crippen LogP) is 3.39. The Morgan fingerprint density at radius 3 is 1.89 bits per heavy atom. The quantitative estimate of drug-likeness (QED) is 0.753. The highest BCUT2D eigenvalue weighted by molar-refractivity contribution is 5.87. The highest BCUT2D eigenvalue weighted by Crippen LogP contribution is 2.27. The van der Waals surface area contributed by atoms with E-state index in [1.165, 1.54) is 0 Å². The molecule has 0 aromatic heterocycles. The van der Waals surface area contributed by atoms with Crippen LogP contribution in [0.1, 0.15) is 30.9 Å². The average molecular weight is 367 g/mol. The fourth-order valence-electron chi connectivity index (χ4n) is 3.56. The average Bonchev–Trinajstić information content (AvgIpc) is 2.70. The third kappa shape index (κ3) is 5.41. The van der Waals surface area contributed by atoms with Gasteiger partial charge in [-0.25, -0.2) is 0 Å². The molecule has 27 heavy (non-hydrogen) atoms. The lowest BCUT2D eigenvalue weighted by Crippen LogP contribution is -2.50. The monoisotopic (exact) mass is 366 g/mol. The summed E-state index contributed by atoms with van der Waals surface area (Å²) in [5.41, 5.74) is 2.11. The summed E-state index contributed by atoms with van der Waals surface area (Å²) in [5.74, 6) is -0.0336. The number of rotatable bonds is 7. The summed E-state index contributed by atoms with van der Waals surface area (Å²) >= 11 is 0. The summed E-state index contributed by atoms with van der Waals surface area (Å²) in [6, 6.07) is 20.2. The molecule has 0 unspecified atom stereocenters. The van der Waals surface area contributed by atoms with Crippen LogP contribution in [0.25, 0.3) is 0 Å². The predicted molar refractivity (Wildman–Crippen MR) is 109 cm³/mol. The Morgan fingerprint density at radius 1 is 0.889 bits per heavy atom. The van der Waals surface area contributed by atoms with E-state index in [2.05, 4.69) is 43.0 Å². The molecular weight excluding hydrogens is 336 g/mol. The Morgan fingerprint density at radius 2 is 1.41 bits per heavy atom. The van der Waals surface area contributed by atoms with Gasteiger partial charge in [0, 0.05) is 32.7 Å². The molecule has 1 aliphatic heterocycles.